The number of rotatable bonds is 3. The van der Waals surface area contributed by atoms with Crippen LogP contribution in [-0.2, 0) is 7.05 Å². The Morgan fingerprint density at radius 2 is 1.78 bits per heavy atom. The fourth-order valence-electron chi connectivity index (χ4n) is 4.94. The molecule has 0 unspecified atom stereocenters. The molecule has 1 aliphatic rings. The third-order valence-electron chi connectivity index (χ3n) is 7.18. The second-order valence-corrected chi connectivity index (χ2v) is 9.94. The van der Waals surface area contributed by atoms with Gasteiger partial charge in [0.1, 0.15) is 0 Å². The van der Waals surface area contributed by atoms with Gasteiger partial charge < -0.3 is 0 Å². The Morgan fingerprint density at radius 1 is 0.973 bits per heavy atom. The Balaban J connectivity index is 1.59. The summed E-state index contributed by atoms with van der Waals surface area (Å²) < 4.78 is 3.43. The number of hydrogen-bond donors (Lipinski definition) is 0. The first-order valence-corrected chi connectivity index (χ1v) is 12.2. The van der Waals surface area contributed by atoms with Crippen LogP contribution < -0.4 is 5.69 Å². The highest BCUT2D eigenvalue weighted by Crippen LogP contribution is 2.33. The minimum absolute atomic E-state index is 0.127. The minimum Gasteiger partial charge on any atom is -0.293 e. The molecular formula is C31H25N5O. The van der Waals surface area contributed by atoms with Gasteiger partial charge in [0, 0.05) is 41.7 Å². The third-order valence-corrected chi connectivity index (χ3v) is 7.18. The van der Waals surface area contributed by atoms with Crippen LogP contribution in [0.1, 0.15) is 20.3 Å². The molecule has 0 bridgehead atoms. The highest BCUT2D eigenvalue weighted by atomic mass is 16.1. The number of hydrogen-bond acceptors (Lipinski definition) is 4. The van der Waals surface area contributed by atoms with Crippen molar-refractivity contribution in [1.29, 1.82) is 5.26 Å². The van der Waals surface area contributed by atoms with Crippen LogP contribution in [0.2, 0.25) is 0 Å². The van der Waals surface area contributed by atoms with Crippen LogP contribution in [0.25, 0.3) is 49.7 Å². The summed E-state index contributed by atoms with van der Waals surface area (Å²) in [6.07, 6.45) is 12.1. The molecule has 5 aromatic rings. The second kappa shape index (κ2) is 8.42. The zero-order chi connectivity index (χ0) is 25.7. The van der Waals surface area contributed by atoms with Crippen LogP contribution in [-0.4, -0.2) is 19.1 Å². The third kappa shape index (κ3) is 3.68. The van der Waals surface area contributed by atoms with Gasteiger partial charge in [-0.05, 0) is 55.3 Å². The van der Waals surface area contributed by atoms with E-state index in [1.54, 1.807) is 22.4 Å². The summed E-state index contributed by atoms with van der Waals surface area (Å²) in [5.41, 5.74) is 6.39. The number of nitriles is 1. The Morgan fingerprint density at radius 3 is 2.62 bits per heavy atom. The maximum atomic E-state index is 13.5. The molecule has 0 radical (unpaired) electrons. The van der Waals surface area contributed by atoms with Crippen LogP contribution in [0.4, 0.5) is 0 Å². The van der Waals surface area contributed by atoms with Crippen molar-refractivity contribution in [2.24, 2.45) is 12.5 Å². The monoisotopic (exact) mass is 483 g/mol. The van der Waals surface area contributed by atoms with E-state index in [-0.39, 0.29) is 5.69 Å². The molecule has 0 aliphatic heterocycles. The lowest BCUT2D eigenvalue weighted by Gasteiger charge is -2.15. The van der Waals surface area contributed by atoms with Gasteiger partial charge in [0.05, 0.1) is 39.7 Å². The summed E-state index contributed by atoms with van der Waals surface area (Å²) in [5.74, 6) is 0. The van der Waals surface area contributed by atoms with E-state index in [9.17, 15) is 10.1 Å². The molecule has 3 aromatic heterocycles. The predicted molar refractivity (Wildman–Crippen MR) is 149 cm³/mol. The number of pyridine rings is 2. The van der Waals surface area contributed by atoms with Crippen LogP contribution >= 0.6 is 0 Å². The molecule has 6 nitrogen and oxygen atoms in total. The predicted octanol–water partition coefficient (Wildman–Crippen LogP) is 6.38. The van der Waals surface area contributed by atoms with Crippen molar-refractivity contribution in [3.8, 4) is 17.2 Å². The molecular weight excluding hydrogens is 458 g/mol. The fraction of sp³-hybridized carbons (Fsp3) is 0.161. The number of aromatic nitrogens is 4. The quantitative estimate of drug-likeness (QED) is 0.298. The van der Waals surface area contributed by atoms with Crippen LogP contribution in [0, 0.1) is 16.7 Å². The highest BCUT2D eigenvalue weighted by Gasteiger charge is 2.22. The number of imidazole rings is 1. The van der Waals surface area contributed by atoms with Crippen molar-refractivity contribution in [2.75, 3.05) is 0 Å². The van der Waals surface area contributed by atoms with Crippen molar-refractivity contribution in [3.05, 3.63) is 101 Å². The first-order valence-electron chi connectivity index (χ1n) is 12.2. The lowest BCUT2D eigenvalue weighted by molar-refractivity contribution is 0.613. The lowest BCUT2D eigenvalue weighted by Crippen LogP contribution is -2.21. The molecule has 0 fully saturated rings. The zero-order valence-corrected chi connectivity index (χ0v) is 20.9. The van der Waals surface area contributed by atoms with Crippen LogP contribution in [0.15, 0.2) is 95.6 Å². The molecule has 180 valence electrons. The van der Waals surface area contributed by atoms with Gasteiger partial charge in [0.15, 0.2) is 0 Å². The Hall–Kier alpha value is -4.76. The maximum absolute atomic E-state index is 13.5. The van der Waals surface area contributed by atoms with E-state index in [1.165, 1.54) is 0 Å². The van der Waals surface area contributed by atoms with Gasteiger partial charge in [-0.1, -0.05) is 42.5 Å². The average Bonchev–Trinajstić information content (AvgIpc) is 3.07. The Labute approximate surface area is 214 Å². The normalized spacial score (nSPS) is 14.0. The second-order valence-electron chi connectivity index (χ2n) is 9.94. The van der Waals surface area contributed by atoms with Gasteiger partial charge >= 0.3 is 5.69 Å². The van der Waals surface area contributed by atoms with Crippen molar-refractivity contribution >= 4 is 38.5 Å². The van der Waals surface area contributed by atoms with Gasteiger partial charge in [-0.15, -0.1) is 0 Å². The largest absolute Gasteiger partial charge is 0.333 e. The molecule has 0 spiro atoms. The summed E-state index contributed by atoms with van der Waals surface area (Å²) in [6, 6.07) is 18.7. The van der Waals surface area contributed by atoms with Gasteiger partial charge in [-0.3, -0.25) is 19.1 Å². The van der Waals surface area contributed by atoms with Crippen molar-refractivity contribution in [3.63, 3.8) is 0 Å². The van der Waals surface area contributed by atoms with E-state index in [0.29, 0.717) is 6.42 Å². The summed E-state index contributed by atoms with van der Waals surface area (Å²) in [7, 11) is 1.78. The summed E-state index contributed by atoms with van der Waals surface area (Å²) in [6.45, 7) is 3.79. The molecule has 0 saturated carbocycles. The molecule has 0 saturated heterocycles. The van der Waals surface area contributed by atoms with Gasteiger partial charge in [0.2, 0.25) is 0 Å². The first kappa shape index (κ1) is 22.7. The number of benzene rings is 2. The van der Waals surface area contributed by atoms with Crippen molar-refractivity contribution in [2.45, 2.75) is 20.3 Å². The fourth-order valence-corrected chi connectivity index (χ4v) is 4.94. The summed E-state index contributed by atoms with van der Waals surface area (Å²) in [4.78, 5) is 22.8. The van der Waals surface area contributed by atoms with Gasteiger partial charge in [-0.25, -0.2) is 4.79 Å². The number of nitrogens with zero attached hydrogens (tertiary/aromatic N) is 5. The van der Waals surface area contributed by atoms with E-state index in [0.717, 1.165) is 55.2 Å². The van der Waals surface area contributed by atoms with E-state index >= 15 is 0 Å². The molecule has 0 atom stereocenters. The average molecular weight is 484 g/mol. The molecule has 0 N–H and O–H groups in total. The van der Waals surface area contributed by atoms with Crippen LogP contribution in [0.3, 0.4) is 0 Å². The van der Waals surface area contributed by atoms with E-state index < -0.39 is 5.41 Å². The SMILES string of the molecule is Cn1c(=O)n(C2=CC=C(C(C)(C)C#N)C=CC2)c2c3cc(-c4cnc5ccccc5c4)ccc3ncc21. The molecule has 6 heteroatoms. The molecule has 1 aliphatic carbocycles. The van der Waals surface area contributed by atoms with Crippen molar-refractivity contribution in [1.82, 2.24) is 19.1 Å². The number of aryl methyl sites for hydroxylation is 1. The molecule has 6 rings (SSSR count). The van der Waals surface area contributed by atoms with Gasteiger partial charge in [0.25, 0.3) is 0 Å². The highest BCUT2D eigenvalue weighted by molar-refractivity contribution is 6.05. The number of fused-ring (bicyclic) bond motifs is 4. The van der Waals surface area contributed by atoms with E-state index in [4.69, 9.17) is 0 Å². The molecule has 37 heavy (non-hydrogen) atoms. The lowest BCUT2D eigenvalue weighted by atomic mass is 9.85. The topological polar surface area (TPSA) is 76.5 Å². The maximum Gasteiger partial charge on any atom is 0.333 e. The molecule has 0 amide bonds. The number of para-hydroxylation sites is 1. The Kier molecular flexibility index (Phi) is 5.16. The minimum atomic E-state index is -0.619. The number of allylic oxidation sites excluding steroid dienone is 6. The van der Waals surface area contributed by atoms with Crippen LogP contribution in [0.5, 0.6) is 0 Å². The first-order chi connectivity index (χ1) is 17.9. The van der Waals surface area contributed by atoms with Gasteiger partial charge in [-0.2, -0.15) is 5.26 Å². The summed E-state index contributed by atoms with van der Waals surface area (Å²) in [5, 5.41) is 11.6. The molecule has 2 aromatic carbocycles. The Bertz CT molecular complexity index is 1930. The summed E-state index contributed by atoms with van der Waals surface area (Å²) >= 11 is 0. The molecule has 3 heterocycles. The van der Waals surface area contributed by atoms with E-state index in [1.807, 2.05) is 74.7 Å². The van der Waals surface area contributed by atoms with E-state index in [2.05, 4.69) is 34.2 Å². The smallest absolute Gasteiger partial charge is 0.293 e. The van der Waals surface area contributed by atoms with Crippen molar-refractivity contribution < 1.29 is 0 Å². The zero-order valence-electron chi connectivity index (χ0n) is 20.9. The standard InChI is InChI=1S/C31H25N5O/c1-31(2,19-32)23-8-6-9-24(13-12-23)36-29-25-16-20(22-15-21-7-4-5-10-26(21)33-17-22)11-14-27(25)34-18-28(29)35(3)30(36)37/h4-8,10-18H,9H2,1-3H3.